The second-order valence-corrected chi connectivity index (χ2v) is 8.76. The van der Waals surface area contributed by atoms with Gasteiger partial charge in [-0.2, -0.15) is 0 Å². The summed E-state index contributed by atoms with van der Waals surface area (Å²) in [6, 6.07) is 19.2. The van der Waals surface area contributed by atoms with Gasteiger partial charge in [-0.25, -0.2) is 4.79 Å². The molecule has 0 saturated carbocycles. The lowest BCUT2D eigenvalue weighted by Gasteiger charge is -2.43. The molecule has 2 bridgehead atoms. The molecule has 0 aliphatic carbocycles. The molecule has 1 saturated heterocycles. The normalized spacial score (nSPS) is 18.6. The van der Waals surface area contributed by atoms with Gasteiger partial charge in [0.05, 0.1) is 12.8 Å². The van der Waals surface area contributed by atoms with Gasteiger partial charge in [0, 0.05) is 48.6 Å². The Hall–Kier alpha value is -4.07. The van der Waals surface area contributed by atoms with Gasteiger partial charge in [-0.15, -0.1) is 0 Å². The van der Waals surface area contributed by atoms with Gasteiger partial charge in [0.25, 0.3) is 11.5 Å². The van der Waals surface area contributed by atoms with E-state index in [4.69, 9.17) is 4.74 Å². The second kappa shape index (κ2) is 9.05. The predicted octanol–water partition coefficient (Wildman–Crippen LogP) is 3.76. The summed E-state index contributed by atoms with van der Waals surface area (Å²) in [5.74, 6) is 0.617. The molecule has 3 aromatic rings. The van der Waals surface area contributed by atoms with E-state index in [-0.39, 0.29) is 29.3 Å². The van der Waals surface area contributed by atoms with Gasteiger partial charge in [0.1, 0.15) is 5.75 Å². The number of pyridine rings is 1. The molecular formula is C26H26N4O4. The summed E-state index contributed by atoms with van der Waals surface area (Å²) in [7, 11) is 1.60. The highest BCUT2D eigenvalue weighted by atomic mass is 16.5. The van der Waals surface area contributed by atoms with Crippen molar-refractivity contribution in [2.24, 2.45) is 5.92 Å². The van der Waals surface area contributed by atoms with E-state index in [9.17, 15) is 14.4 Å². The summed E-state index contributed by atoms with van der Waals surface area (Å²) < 4.78 is 6.93. The third kappa shape index (κ3) is 4.26. The number of benzene rings is 2. The summed E-state index contributed by atoms with van der Waals surface area (Å²) >= 11 is 0. The first kappa shape index (κ1) is 21.8. The molecule has 0 radical (unpaired) electrons. The standard InChI is InChI=1S/C26H26N4O4/c1-34-21-9-7-20(8-10-21)27-26(33)29-14-17-13-19(16-29)24-22(11-12-23(31)30(24)15-17)28-25(32)18-5-3-2-4-6-18/h2-12,17,19H,13-16H2,1H3,(H,27,33)(H,28,32). The highest BCUT2D eigenvalue weighted by molar-refractivity contribution is 6.04. The number of aromatic nitrogens is 1. The van der Waals surface area contributed by atoms with Crippen LogP contribution >= 0.6 is 0 Å². The number of hydrogen-bond donors (Lipinski definition) is 2. The first-order valence-corrected chi connectivity index (χ1v) is 11.3. The van der Waals surface area contributed by atoms with Crippen molar-refractivity contribution in [1.29, 1.82) is 0 Å². The summed E-state index contributed by atoms with van der Waals surface area (Å²) in [5, 5.41) is 5.93. The number of methoxy groups -OCH3 is 1. The number of hydrogen-bond acceptors (Lipinski definition) is 4. The van der Waals surface area contributed by atoms with E-state index in [1.165, 1.54) is 6.07 Å². The monoisotopic (exact) mass is 458 g/mol. The van der Waals surface area contributed by atoms with Crippen molar-refractivity contribution in [2.75, 3.05) is 30.8 Å². The van der Waals surface area contributed by atoms with Crippen LogP contribution in [0.15, 0.2) is 71.5 Å². The van der Waals surface area contributed by atoms with Crippen molar-refractivity contribution in [3.63, 3.8) is 0 Å². The zero-order chi connectivity index (χ0) is 23.7. The fourth-order valence-corrected chi connectivity index (χ4v) is 4.95. The summed E-state index contributed by atoms with van der Waals surface area (Å²) in [4.78, 5) is 40.3. The van der Waals surface area contributed by atoms with Crippen LogP contribution in [0.2, 0.25) is 0 Å². The molecule has 5 rings (SSSR count). The first-order chi connectivity index (χ1) is 16.5. The Morgan fingerprint density at radius 3 is 2.41 bits per heavy atom. The average Bonchev–Trinajstić information content (AvgIpc) is 2.86. The maximum atomic E-state index is 13.0. The van der Waals surface area contributed by atoms with E-state index in [1.54, 1.807) is 59.0 Å². The third-order valence-corrected chi connectivity index (χ3v) is 6.50. The number of piperidine rings is 1. The molecule has 8 heteroatoms. The van der Waals surface area contributed by atoms with Gasteiger partial charge in [0.2, 0.25) is 0 Å². The topological polar surface area (TPSA) is 92.7 Å². The number of amides is 3. The SMILES string of the molecule is COc1ccc(NC(=O)N2CC3CC(C2)c2c(NC(=O)c4ccccc4)ccc(=O)n2C3)cc1. The molecule has 2 aliphatic rings. The average molecular weight is 459 g/mol. The summed E-state index contributed by atoms with van der Waals surface area (Å²) in [6.45, 7) is 1.56. The Bertz CT molecular complexity index is 1270. The molecule has 8 nitrogen and oxygen atoms in total. The maximum Gasteiger partial charge on any atom is 0.321 e. The molecule has 3 heterocycles. The zero-order valence-corrected chi connectivity index (χ0v) is 18.9. The minimum absolute atomic E-state index is 0.0471. The number of carbonyl (C=O) groups is 2. The Labute approximate surface area is 197 Å². The van der Waals surface area contributed by atoms with E-state index in [1.807, 2.05) is 18.2 Å². The van der Waals surface area contributed by atoms with Gasteiger partial charge in [0.15, 0.2) is 0 Å². The molecule has 3 amide bonds. The molecule has 2 atom stereocenters. The number of rotatable bonds is 4. The van der Waals surface area contributed by atoms with Crippen molar-refractivity contribution < 1.29 is 14.3 Å². The lowest BCUT2D eigenvalue weighted by atomic mass is 9.82. The van der Waals surface area contributed by atoms with Crippen molar-refractivity contribution in [3.05, 3.63) is 88.3 Å². The van der Waals surface area contributed by atoms with E-state index >= 15 is 0 Å². The van der Waals surface area contributed by atoms with Crippen molar-refractivity contribution >= 4 is 23.3 Å². The van der Waals surface area contributed by atoms with E-state index in [0.717, 1.165) is 17.9 Å². The van der Waals surface area contributed by atoms with E-state index in [0.29, 0.717) is 36.6 Å². The Balaban J connectivity index is 1.37. The number of nitrogens with zero attached hydrogens (tertiary/aromatic N) is 2. The van der Waals surface area contributed by atoms with Crippen LogP contribution in [-0.2, 0) is 6.54 Å². The largest absolute Gasteiger partial charge is 0.497 e. The van der Waals surface area contributed by atoms with Crippen LogP contribution < -0.4 is 20.9 Å². The lowest BCUT2D eigenvalue weighted by molar-refractivity contribution is 0.102. The van der Waals surface area contributed by atoms with Crippen molar-refractivity contribution in [1.82, 2.24) is 9.47 Å². The molecule has 0 spiro atoms. The molecule has 2 aliphatic heterocycles. The molecule has 1 aromatic heterocycles. The Morgan fingerprint density at radius 2 is 1.68 bits per heavy atom. The smallest absolute Gasteiger partial charge is 0.321 e. The number of fused-ring (bicyclic) bond motifs is 4. The minimum Gasteiger partial charge on any atom is -0.497 e. The summed E-state index contributed by atoms with van der Waals surface area (Å²) in [5.41, 5.74) is 2.56. The highest BCUT2D eigenvalue weighted by Crippen LogP contribution is 2.38. The van der Waals surface area contributed by atoms with Crippen LogP contribution in [0.25, 0.3) is 0 Å². The fourth-order valence-electron chi connectivity index (χ4n) is 4.95. The maximum absolute atomic E-state index is 13.0. The number of anilines is 2. The Morgan fingerprint density at radius 1 is 0.912 bits per heavy atom. The van der Waals surface area contributed by atoms with E-state index < -0.39 is 0 Å². The highest BCUT2D eigenvalue weighted by Gasteiger charge is 2.38. The predicted molar refractivity (Wildman–Crippen MR) is 130 cm³/mol. The number of ether oxygens (including phenoxy) is 1. The number of urea groups is 1. The van der Waals surface area contributed by atoms with Gasteiger partial charge >= 0.3 is 6.03 Å². The van der Waals surface area contributed by atoms with Gasteiger partial charge < -0.3 is 24.8 Å². The molecule has 2 N–H and O–H groups in total. The minimum atomic E-state index is -0.228. The molecular weight excluding hydrogens is 432 g/mol. The molecule has 2 unspecified atom stereocenters. The first-order valence-electron chi connectivity index (χ1n) is 11.3. The third-order valence-electron chi connectivity index (χ3n) is 6.50. The second-order valence-electron chi connectivity index (χ2n) is 8.76. The molecule has 174 valence electrons. The van der Waals surface area contributed by atoms with Crippen LogP contribution in [0.4, 0.5) is 16.2 Å². The zero-order valence-electron chi connectivity index (χ0n) is 18.9. The lowest BCUT2D eigenvalue weighted by Crippen LogP contribution is -2.50. The quantitative estimate of drug-likeness (QED) is 0.623. The molecule has 1 fully saturated rings. The van der Waals surface area contributed by atoms with Crippen LogP contribution in [0.5, 0.6) is 5.75 Å². The van der Waals surface area contributed by atoms with E-state index in [2.05, 4.69) is 10.6 Å². The van der Waals surface area contributed by atoms with Gasteiger partial charge in [-0.3, -0.25) is 9.59 Å². The number of nitrogens with one attached hydrogen (secondary N) is 2. The van der Waals surface area contributed by atoms with Crippen molar-refractivity contribution in [3.8, 4) is 5.75 Å². The number of likely N-dealkylation sites (tertiary alicyclic amines) is 1. The van der Waals surface area contributed by atoms with Crippen LogP contribution in [0, 0.1) is 5.92 Å². The number of carbonyl (C=O) groups excluding carboxylic acids is 2. The molecule has 34 heavy (non-hydrogen) atoms. The van der Waals surface area contributed by atoms with Gasteiger partial charge in [-0.05, 0) is 54.8 Å². The molecule has 2 aromatic carbocycles. The van der Waals surface area contributed by atoms with Gasteiger partial charge in [-0.1, -0.05) is 18.2 Å². The summed E-state index contributed by atoms with van der Waals surface area (Å²) in [6.07, 6.45) is 0.865. The Kier molecular flexibility index (Phi) is 5.79. The van der Waals surface area contributed by atoms with Crippen molar-refractivity contribution in [2.45, 2.75) is 18.9 Å². The fraction of sp³-hybridized carbons (Fsp3) is 0.269. The van der Waals surface area contributed by atoms with Crippen LogP contribution in [0.3, 0.4) is 0 Å². The van der Waals surface area contributed by atoms with Crippen LogP contribution in [-0.4, -0.2) is 41.6 Å². The van der Waals surface area contributed by atoms with Crippen LogP contribution in [0.1, 0.15) is 28.4 Å².